The molecule has 2 N–H and O–H groups in total. The van der Waals surface area contributed by atoms with Crippen LogP contribution < -0.4 is 9.47 Å². The number of carboxylic acids is 1. The van der Waals surface area contributed by atoms with E-state index >= 15 is 0 Å². The Morgan fingerprint density at radius 1 is 1.32 bits per heavy atom. The molecule has 1 atom stereocenters. The number of carbonyl (C=O) groups is 1. The van der Waals surface area contributed by atoms with E-state index < -0.39 is 11.4 Å². The maximum absolute atomic E-state index is 11.5. The second kappa shape index (κ2) is 5.09. The van der Waals surface area contributed by atoms with E-state index in [0.717, 1.165) is 5.56 Å². The molecule has 0 radical (unpaired) electrons. The van der Waals surface area contributed by atoms with Gasteiger partial charge in [-0.05, 0) is 43.5 Å². The summed E-state index contributed by atoms with van der Waals surface area (Å²) >= 11 is 0. The van der Waals surface area contributed by atoms with Gasteiger partial charge in [0.25, 0.3) is 0 Å². The number of rotatable bonds is 4. The van der Waals surface area contributed by atoms with Gasteiger partial charge in [0.2, 0.25) is 0 Å². The van der Waals surface area contributed by atoms with Crippen LogP contribution in [0.1, 0.15) is 24.5 Å². The monoisotopic (exact) mass is 266 g/mol. The number of aliphatic hydroxyl groups excluding tert-OH is 1. The number of aryl methyl sites for hydroxylation is 1. The highest BCUT2D eigenvalue weighted by Gasteiger charge is 2.37. The fraction of sp³-hybridized carbons (Fsp3) is 0.500. The number of carboxylic acid groups (broad SMARTS) is 1. The highest BCUT2D eigenvalue weighted by molar-refractivity contribution is 5.82. The van der Waals surface area contributed by atoms with Crippen LogP contribution in [0, 0.1) is 6.92 Å². The molecule has 0 aromatic heterocycles. The van der Waals surface area contributed by atoms with Gasteiger partial charge in [-0.25, -0.2) is 0 Å². The summed E-state index contributed by atoms with van der Waals surface area (Å²) < 4.78 is 11.0. The number of ether oxygens (including phenoxy) is 2. The van der Waals surface area contributed by atoms with E-state index in [4.69, 9.17) is 14.6 Å². The summed E-state index contributed by atoms with van der Waals surface area (Å²) in [7, 11) is 0. The normalized spacial score (nSPS) is 16.8. The molecule has 0 aliphatic carbocycles. The molecule has 19 heavy (non-hydrogen) atoms. The van der Waals surface area contributed by atoms with Gasteiger partial charge < -0.3 is 19.7 Å². The molecule has 0 amide bonds. The van der Waals surface area contributed by atoms with Crippen LogP contribution in [0.25, 0.3) is 0 Å². The van der Waals surface area contributed by atoms with Gasteiger partial charge in [-0.15, -0.1) is 0 Å². The fourth-order valence-corrected chi connectivity index (χ4v) is 2.37. The molecule has 0 fully saturated rings. The summed E-state index contributed by atoms with van der Waals surface area (Å²) in [5.41, 5.74) is 0.343. The van der Waals surface area contributed by atoms with Crippen molar-refractivity contribution in [3.05, 3.63) is 23.3 Å². The van der Waals surface area contributed by atoms with E-state index in [1.54, 1.807) is 19.1 Å². The van der Waals surface area contributed by atoms with Crippen molar-refractivity contribution < 1.29 is 24.5 Å². The van der Waals surface area contributed by atoms with Gasteiger partial charge in [-0.3, -0.25) is 4.79 Å². The van der Waals surface area contributed by atoms with Gasteiger partial charge in [-0.1, -0.05) is 0 Å². The molecule has 104 valence electrons. The van der Waals surface area contributed by atoms with Gasteiger partial charge in [-0.2, -0.15) is 0 Å². The predicted octanol–water partition coefficient (Wildman–Crippen LogP) is 1.49. The lowest BCUT2D eigenvalue weighted by atomic mass is 9.77. The van der Waals surface area contributed by atoms with Crippen LogP contribution in [-0.2, 0) is 10.2 Å². The van der Waals surface area contributed by atoms with Gasteiger partial charge >= 0.3 is 5.97 Å². The van der Waals surface area contributed by atoms with E-state index in [-0.39, 0.29) is 13.0 Å². The summed E-state index contributed by atoms with van der Waals surface area (Å²) in [6.45, 7) is 4.23. The Balaban J connectivity index is 2.51. The first kappa shape index (κ1) is 13.7. The highest BCUT2D eigenvalue weighted by atomic mass is 16.6. The van der Waals surface area contributed by atoms with Crippen molar-refractivity contribution in [3.63, 3.8) is 0 Å². The molecule has 1 aromatic rings. The zero-order valence-corrected chi connectivity index (χ0v) is 11.1. The summed E-state index contributed by atoms with van der Waals surface area (Å²) in [6.07, 6.45) is 0.156. The van der Waals surface area contributed by atoms with Crippen LogP contribution in [0.4, 0.5) is 0 Å². The predicted molar refractivity (Wildman–Crippen MR) is 68.9 cm³/mol. The summed E-state index contributed by atoms with van der Waals surface area (Å²) in [5, 5.41) is 18.6. The molecule has 5 nitrogen and oxygen atoms in total. The second-order valence-corrected chi connectivity index (χ2v) is 4.92. The summed E-state index contributed by atoms with van der Waals surface area (Å²) in [5.74, 6) is 0.253. The number of hydrogen-bond acceptors (Lipinski definition) is 4. The molecule has 1 heterocycles. The molecular formula is C14H18O5. The minimum atomic E-state index is -1.13. The number of aliphatic carboxylic acids is 1. The first-order chi connectivity index (χ1) is 8.99. The Kier molecular flexibility index (Phi) is 3.66. The third-order valence-electron chi connectivity index (χ3n) is 3.57. The minimum Gasteiger partial charge on any atom is -0.486 e. The zero-order chi connectivity index (χ0) is 14.0. The van der Waals surface area contributed by atoms with E-state index in [0.29, 0.717) is 30.3 Å². The smallest absolute Gasteiger partial charge is 0.313 e. The van der Waals surface area contributed by atoms with Crippen molar-refractivity contribution >= 4 is 5.97 Å². The van der Waals surface area contributed by atoms with Crippen LogP contribution in [0.15, 0.2) is 12.1 Å². The van der Waals surface area contributed by atoms with E-state index in [2.05, 4.69) is 0 Å². The Morgan fingerprint density at radius 3 is 2.42 bits per heavy atom. The molecule has 5 heteroatoms. The van der Waals surface area contributed by atoms with E-state index in [1.165, 1.54) is 0 Å². The fourth-order valence-electron chi connectivity index (χ4n) is 2.37. The third-order valence-corrected chi connectivity index (χ3v) is 3.57. The molecule has 1 aromatic carbocycles. The molecule has 1 aliphatic heterocycles. The van der Waals surface area contributed by atoms with Gasteiger partial charge in [0.1, 0.15) is 13.2 Å². The third kappa shape index (κ3) is 2.38. The van der Waals surface area contributed by atoms with Gasteiger partial charge in [0.05, 0.1) is 5.41 Å². The SMILES string of the molecule is Cc1cc2c(cc1C(C)(CCO)C(=O)O)OCCO2. The molecule has 2 rings (SSSR count). The Hall–Kier alpha value is -1.75. The molecule has 1 unspecified atom stereocenters. The van der Waals surface area contributed by atoms with Crippen molar-refractivity contribution in [3.8, 4) is 11.5 Å². The highest BCUT2D eigenvalue weighted by Crippen LogP contribution is 2.39. The lowest BCUT2D eigenvalue weighted by Gasteiger charge is -2.28. The molecule has 0 saturated carbocycles. The van der Waals surface area contributed by atoms with Crippen molar-refractivity contribution in [2.75, 3.05) is 19.8 Å². The van der Waals surface area contributed by atoms with Crippen LogP contribution in [0.2, 0.25) is 0 Å². The maximum Gasteiger partial charge on any atom is 0.313 e. The van der Waals surface area contributed by atoms with Crippen LogP contribution >= 0.6 is 0 Å². The zero-order valence-electron chi connectivity index (χ0n) is 11.1. The summed E-state index contributed by atoms with van der Waals surface area (Å²) in [6, 6.07) is 3.51. The molecule has 0 saturated heterocycles. The van der Waals surface area contributed by atoms with Crippen molar-refractivity contribution in [2.24, 2.45) is 0 Å². The molecule has 0 bridgehead atoms. The maximum atomic E-state index is 11.5. The molecular weight excluding hydrogens is 248 g/mol. The van der Waals surface area contributed by atoms with Crippen molar-refractivity contribution in [1.29, 1.82) is 0 Å². The molecule has 0 spiro atoms. The number of hydrogen-bond donors (Lipinski definition) is 2. The largest absolute Gasteiger partial charge is 0.486 e. The quantitative estimate of drug-likeness (QED) is 0.863. The first-order valence-electron chi connectivity index (χ1n) is 6.24. The van der Waals surface area contributed by atoms with Crippen LogP contribution in [0.5, 0.6) is 11.5 Å². The minimum absolute atomic E-state index is 0.156. The molecule has 1 aliphatic rings. The van der Waals surface area contributed by atoms with Crippen LogP contribution in [-0.4, -0.2) is 36.0 Å². The number of fused-ring (bicyclic) bond motifs is 1. The second-order valence-electron chi connectivity index (χ2n) is 4.92. The van der Waals surface area contributed by atoms with Gasteiger partial charge in [0.15, 0.2) is 11.5 Å². The average molecular weight is 266 g/mol. The Bertz CT molecular complexity index is 497. The first-order valence-corrected chi connectivity index (χ1v) is 6.24. The summed E-state index contributed by atoms with van der Waals surface area (Å²) in [4.78, 5) is 11.5. The van der Waals surface area contributed by atoms with E-state index in [9.17, 15) is 9.90 Å². The Morgan fingerprint density at radius 2 is 1.89 bits per heavy atom. The standard InChI is InChI=1S/C14H18O5/c1-9-7-11-12(19-6-5-18-11)8-10(9)14(2,3-4-15)13(16)17/h7-8,15H,3-6H2,1-2H3,(H,16,17). The van der Waals surface area contributed by atoms with Gasteiger partial charge in [0, 0.05) is 6.61 Å². The number of aliphatic hydroxyl groups is 1. The van der Waals surface area contributed by atoms with Crippen molar-refractivity contribution in [1.82, 2.24) is 0 Å². The Labute approximate surface area is 111 Å². The van der Waals surface area contributed by atoms with Crippen LogP contribution in [0.3, 0.4) is 0 Å². The lowest BCUT2D eigenvalue weighted by Crippen LogP contribution is -2.34. The van der Waals surface area contributed by atoms with Crippen molar-refractivity contribution in [2.45, 2.75) is 25.7 Å². The number of benzene rings is 1. The topological polar surface area (TPSA) is 76.0 Å². The lowest BCUT2D eigenvalue weighted by molar-refractivity contribution is -0.143. The van der Waals surface area contributed by atoms with E-state index in [1.807, 2.05) is 6.92 Å². The average Bonchev–Trinajstić information content (AvgIpc) is 2.37.